The van der Waals surface area contributed by atoms with Crippen molar-refractivity contribution in [3.8, 4) is 0 Å². The van der Waals surface area contributed by atoms with Gasteiger partial charge in [0.2, 0.25) is 5.91 Å². The van der Waals surface area contributed by atoms with E-state index in [4.69, 9.17) is 4.74 Å². The molecule has 0 rings (SSSR count). The molecule has 0 aliphatic heterocycles. The van der Waals surface area contributed by atoms with Crippen molar-refractivity contribution < 1.29 is 24.5 Å². The van der Waals surface area contributed by atoms with E-state index in [1.54, 1.807) is 0 Å². The molecule has 0 spiro atoms. The first kappa shape index (κ1) is 75.6. The first-order chi connectivity index (χ1) is 38.0. The van der Waals surface area contributed by atoms with Crippen LogP contribution in [-0.4, -0.2) is 47.4 Å². The summed E-state index contributed by atoms with van der Waals surface area (Å²) in [5.74, 6) is -0.00689. The molecule has 0 aromatic rings. The third-order valence-electron chi connectivity index (χ3n) is 16.8. The van der Waals surface area contributed by atoms with Gasteiger partial charge in [-0.15, -0.1) is 0 Å². The van der Waals surface area contributed by atoms with Crippen molar-refractivity contribution in [2.75, 3.05) is 13.2 Å². The van der Waals surface area contributed by atoms with Crippen LogP contribution in [0.3, 0.4) is 0 Å². The Hall–Kier alpha value is -1.40. The number of esters is 1. The third kappa shape index (κ3) is 63.6. The zero-order chi connectivity index (χ0) is 55.7. The molecule has 0 aromatic heterocycles. The summed E-state index contributed by atoms with van der Waals surface area (Å²) < 4.78 is 5.48. The van der Waals surface area contributed by atoms with Crippen LogP contribution in [0.15, 0.2) is 12.2 Å². The van der Waals surface area contributed by atoms with Crippen LogP contribution < -0.4 is 5.32 Å². The second-order valence-electron chi connectivity index (χ2n) is 24.6. The van der Waals surface area contributed by atoms with Crippen LogP contribution in [-0.2, 0) is 14.3 Å². The molecule has 2 atom stereocenters. The monoisotopic (exact) mass is 1090 g/mol. The number of amides is 1. The van der Waals surface area contributed by atoms with E-state index in [9.17, 15) is 19.8 Å². The fraction of sp³-hybridized carbons (Fsp3) is 0.944. The minimum absolute atomic E-state index is 0.0228. The normalized spacial score (nSPS) is 12.5. The Balaban J connectivity index is 3.30. The van der Waals surface area contributed by atoms with Crippen molar-refractivity contribution in [2.24, 2.45) is 0 Å². The number of nitrogens with one attached hydrogen (secondary N) is 1. The van der Waals surface area contributed by atoms with Crippen molar-refractivity contribution in [1.82, 2.24) is 5.32 Å². The van der Waals surface area contributed by atoms with Crippen LogP contribution in [0.1, 0.15) is 406 Å². The highest BCUT2D eigenvalue weighted by Crippen LogP contribution is 2.19. The minimum Gasteiger partial charge on any atom is -0.466 e. The number of allylic oxidation sites excluding steroid dienone is 2. The highest BCUT2D eigenvalue weighted by Gasteiger charge is 2.20. The van der Waals surface area contributed by atoms with E-state index < -0.39 is 12.1 Å². The number of carbonyl (C=O) groups is 2. The van der Waals surface area contributed by atoms with Crippen LogP contribution in [0.5, 0.6) is 0 Å². The van der Waals surface area contributed by atoms with Crippen LogP contribution in [0.25, 0.3) is 0 Å². The van der Waals surface area contributed by atoms with Gasteiger partial charge in [-0.25, -0.2) is 0 Å². The predicted octanol–water partition coefficient (Wildman–Crippen LogP) is 22.8. The lowest BCUT2D eigenvalue weighted by molar-refractivity contribution is -0.143. The molecule has 0 aromatic carbocycles. The largest absolute Gasteiger partial charge is 0.466 e. The SMILES string of the molecule is CCCCCCCCCCCCCCC(=O)OCCCCCCCCCCCCCCCCCC/C=C\CCCCCCCCCCCCCCCCCCCC(=O)NC(CO)C(O)CCCCCCCCCCCCC. The molecule has 2 unspecified atom stereocenters. The zero-order valence-corrected chi connectivity index (χ0v) is 52.5. The average Bonchev–Trinajstić information content (AvgIpc) is 3.43. The minimum atomic E-state index is -0.659. The summed E-state index contributed by atoms with van der Waals surface area (Å²) in [5, 5.41) is 23.2. The molecular weight excluding hydrogens is 947 g/mol. The first-order valence-corrected chi connectivity index (χ1v) is 35.4. The van der Waals surface area contributed by atoms with Gasteiger partial charge in [-0.1, -0.05) is 353 Å². The molecule has 6 nitrogen and oxygen atoms in total. The van der Waals surface area contributed by atoms with Gasteiger partial charge in [0.15, 0.2) is 0 Å². The van der Waals surface area contributed by atoms with Gasteiger partial charge < -0.3 is 20.3 Å². The van der Waals surface area contributed by atoms with Gasteiger partial charge in [-0.3, -0.25) is 9.59 Å². The van der Waals surface area contributed by atoms with E-state index in [-0.39, 0.29) is 18.5 Å². The van der Waals surface area contributed by atoms with E-state index in [1.165, 1.54) is 334 Å². The molecule has 0 heterocycles. The quantitative estimate of drug-likeness (QED) is 0.0320. The number of hydrogen-bond donors (Lipinski definition) is 3. The van der Waals surface area contributed by atoms with Crippen LogP contribution in [0, 0.1) is 0 Å². The average molecular weight is 1090 g/mol. The molecule has 1 amide bonds. The zero-order valence-electron chi connectivity index (χ0n) is 52.5. The topological polar surface area (TPSA) is 95.9 Å². The van der Waals surface area contributed by atoms with E-state index in [2.05, 4.69) is 31.3 Å². The third-order valence-corrected chi connectivity index (χ3v) is 16.8. The van der Waals surface area contributed by atoms with Gasteiger partial charge in [0, 0.05) is 12.8 Å². The number of carbonyl (C=O) groups excluding carboxylic acids is 2. The van der Waals surface area contributed by atoms with Crippen LogP contribution >= 0.6 is 0 Å². The predicted molar refractivity (Wildman–Crippen MR) is 338 cm³/mol. The molecule has 0 fully saturated rings. The lowest BCUT2D eigenvalue weighted by Crippen LogP contribution is -2.45. The standard InChI is InChI=1S/C71H139NO5/c1-3-5-7-9-11-13-15-45-49-53-57-61-65-71(76)77-66-62-58-54-50-46-42-40-38-36-34-32-30-28-26-24-22-20-18-16-17-19-21-23-25-27-29-31-33-35-37-39-41-44-48-52-56-60-64-70(75)72-68(67-73)69(74)63-59-55-51-47-43-14-12-10-8-6-4-2/h16,18,68-69,73-74H,3-15,17,19-67H2,1-2H3,(H,72,75)/b18-16-. The number of unbranched alkanes of at least 4 members (excludes halogenated alkanes) is 54. The Morgan fingerprint density at radius 2 is 0.610 bits per heavy atom. The Morgan fingerprint density at radius 1 is 0.351 bits per heavy atom. The maximum absolute atomic E-state index is 12.5. The summed E-state index contributed by atoms with van der Waals surface area (Å²) in [6, 6.07) is -0.536. The molecule has 3 N–H and O–H groups in total. The van der Waals surface area contributed by atoms with Gasteiger partial charge >= 0.3 is 5.97 Å². The van der Waals surface area contributed by atoms with Gasteiger partial charge in [0.05, 0.1) is 25.4 Å². The number of ether oxygens (including phenoxy) is 1. The Bertz CT molecular complexity index is 1160. The van der Waals surface area contributed by atoms with E-state index >= 15 is 0 Å². The highest BCUT2D eigenvalue weighted by atomic mass is 16.5. The summed E-state index contributed by atoms with van der Waals surface area (Å²) in [5.41, 5.74) is 0. The second-order valence-corrected chi connectivity index (χ2v) is 24.6. The van der Waals surface area contributed by atoms with E-state index in [0.717, 1.165) is 38.5 Å². The summed E-state index contributed by atoms with van der Waals surface area (Å²) in [7, 11) is 0. The summed E-state index contributed by atoms with van der Waals surface area (Å²) in [6.07, 6.45) is 82.9. The smallest absolute Gasteiger partial charge is 0.305 e. The van der Waals surface area contributed by atoms with Crippen molar-refractivity contribution >= 4 is 11.9 Å². The molecular formula is C71H139NO5. The fourth-order valence-electron chi connectivity index (χ4n) is 11.4. The summed E-state index contributed by atoms with van der Waals surface area (Å²) in [6.45, 7) is 4.98. The molecule has 77 heavy (non-hydrogen) atoms. The van der Waals surface area contributed by atoms with Crippen LogP contribution in [0.4, 0.5) is 0 Å². The Labute approximate surface area is 482 Å². The number of rotatable bonds is 67. The van der Waals surface area contributed by atoms with Crippen molar-refractivity contribution in [2.45, 2.75) is 418 Å². The maximum atomic E-state index is 12.5. The molecule has 0 radical (unpaired) electrons. The lowest BCUT2D eigenvalue weighted by Gasteiger charge is -2.22. The van der Waals surface area contributed by atoms with E-state index in [1.807, 2.05) is 0 Å². The van der Waals surface area contributed by atoms with Crippen LogP contribution in [0.2, 0.25) is 0 Å². The second kappa shape index (κ2) is 67.1. The maximum Gasteiger partial charge on any atom is 0.305 e. The van der Waals surface area contributed by atoms with Gasteiger partial charge in [-0.05, 0) is 51.4 Å². The summed E-state index contributed by atoms with van der Waals surface area (Å²) >= 11 is 0. The molecule has 0 bridgehead atoms. The fourth-order valence-corrected chi connectivity index (χ4v) is 11.4. The molecule has 0 aliphatic rings. The molecule has 0 saturated carbocycles. The number of aliphatic hydroxyl groups is 2. The van der Waals surface area contributed by atoms with Crippen molar-refractivity contribution in [3.05, 3.63) is 12.2 Å². The molecule has 458 valence electrons. The van der Waals surface area contributed by atoms with Crippen molar-refractivity contribution in [3.63, 3.8) is 0 Å². The first-order valence-electron chi connectivity index (χ1n) is 35.4. The highest BCUT2D eigenvalue weighted by molar-refractivity contribution is 5.76. The molecule has 6 heteroatoms. The van der Waals surface area contributed by atoms with Crippen molar-refractivity contribution in [1.29, 1.82) is 0 Å². The number of aliphatic hydroxyl groups excluding tert-OH is 2. The Morgan fingerprint density at radius 3 is 0.922 bits per heavy atom. The van der Waals surface area contributed by atoms with Gasteiger partial charge in [0.25, 0.3) is 0 Å². The number of hydrogen-bond acceptors (Lipinski definition) is 5. The van der Waals surface area contributed by atoms with Gasteiger partial charge in [0.1, 0.15) is 0 Å². The van der Waals surface area contributed by atoms with Gasteiger partial charge in [-0.2, -0.15) is 0 Å². The molecule has 0 saturated heterocycles. The summed E-state index contributed by atoms with van der Waals surface area (Å²) in [4.78, 5) is 24.5. The van der Waals surface area contributed by atoms with E-state index in [0.29, 0.717) is 25.9 Å². The lowest BCUT2D eigenvalue weighted by atomic mass is 10.0. The molecule has 0 aliphatic carbocycles. The Kier molecular flexibility index (Phi) is 65.9.